The van der Waals surface area contributed by atoms with Crippen LogP contribution in [0.1, 0.15) is 45.6 Å². The molecule has 1 aliphatic heterocycles. The van der Waals surface area contributed by atoms with Crippen molar-refractivity contribution in [3.63, 3.8) is 0 Å². The number of nitrogens with one attached hydrogen (secondary N) is 1. The van der Waals surface area contributed by atoms with Crippen molar-refractivity contribution >= 4 is 35.3 Å². The number of aromatic amines is 1. The molecule has 0 spiro atoms. The molecule has 3 rings (SSSR count). The molecule has 1 aromatic carbocycles. The van der Waals surface area contributed by atoms with E-state index < -0.39 is 18.1 Å². The van der Waals surface area contributed by atoms with Gasteiger partial charge in [-0.1, -0.05) is 30.7 Å². The van der Waals surface area contributed by atoms with Gasteiger partial charge in [-0.3, -0.25) is 9.59 Å². The minimum atomic E-state index is -1.01. The zero-order chi connectivity index (χ0) is 24.1. The van der Waals surface area contributed by atoms with Gasteiger partial charge in [-0.05, 0) is 36.6 Å². The summed E-state index contributed by atoms with van der Waals surface area (Å²) in [6, 6.07) is 5.38. The molecule has 0 bridgehead atoms. The summed E-state index contributed by atoms with van der Waals surface area (Å²) in [6.45, 7) is 2.62. The van der Waals surface area contributed by atoms with E-state index in [1.807, 2.05) is 6.92 Å². The molecule has 176 valence electrons. The Morgan fingerprint density at radius 2 is 2.06 bits per heavy atom. The fourth-order valence-electron chi connectivity index (χ4n) is 3.90. The number of carbonyl (C=O) groups is 3. The van der Waals surface area contributed by atoms with Gasteiger partial charge in [0.1, 0.15) is 0 Å². The Morgan fingerprint density at radius 1 is 1.36 bits per heavy atom. The van der Waals surface area contributed by atoms with Crippen molar-refractivity contribution in [2.24, 2.45) is 11.7 Å². The average molecular weight is 475 g/mol. The minimum Gasteiger partial charge on any atom is -0.478 e. The number of aromatic nitrogens is 2. The van der Waals surface area contributed by atoms with Crippen LogP contribution in [-0.2, 0) is 16.0 Å². The number of nitrogens with two attached hydrogens (primary N) is 1. The first kappa shape index (κ1) is 24.6. The molecule has 0 aliphatic carbocycles. The van der Waals surface area contributed by atoms with Gasteiger partial charge in [0, 0.05) is 32.2 Å². The molecule has 1 aliphatic rings. The summed E-state index contributed by atoms with van der Waals surface area (Å²) in [7, 11) is 1.53. The van der Waals surface area contributed by atoms with Gasteiger partial charge in [-0.25, -0.2) is 9.78 Å². The van der Waals surface area contributed by atoms with E-state index in [1.54, 1.807) is 23.1 Å². The zero-order valence-electron chi connectivity index (χ0n) is 18.5. The van der Waals surface area contributed by atoms with Crippen molar-refractivity contribution in [1.82, 2.24) is 14.9 Å². The van der Waals surface area contributed by atoms with Crippen LogP contribution in [0.3, 0.4) is 0 Å². The highest BCUT2D eigenvalue weighted by Crippen LogP contribution is 2.25. The van der Waals surface area contributed by atoms with E-state index in [9.17, 15) is 14.4 Å². The lowest BCUT2D eigenvalue weighted by molar-refractivity contribution is -0.131. The number of H-pyrrole nitrogens is 1. The Bertz CT molecular complexity index is 1050. The average Bonchev–Trinajstić information content (AvgIpc) is 3.21. The predicted molar refractivity (Wildman–Crippen MR) is 123 cm³/mol. The van der Waals surface area contributed by atoms with Gasteiger partial charge < -0.3 is 25.5 Å². The molecule has 1 aromatic heterocycles. The number of carboxylic acids is 1. The maximum Gasteiger partial charge on any atom is 0.335 e. The molecule has 1 fully saturated rings. The van der Waals surface area contributed by atoms with Gasteiger partial charge >= 0.3 is 5.97 Å². The van der Waals surface area contributed by atoms with Crippen molar-refractivity contribution in [2.45, 2.75) is 31.9 Å². The van der Waals surface area contributed by atoms with Crippen LogP contribution in [0.25, 0.3) is 6.08 Å². The van der Waals surface area contributed by atoms with E-state index >= 15 is 0 Å². The Hall–Kier alpha value is -3.01. The smallest absolute Gasteiger partial charge is 0.335 e. The number of halogens is 1. The summed E-state index contributed by atoms with van der Waals surface area (Å²) < 4.78 is 5.58. The second kappa shape index (κ2) is 10.7. The van der Waals surface area contributed by atoms with E-state index in [0.29, 0.717) is 37.2 Å². The van der Waals surface area contributed by atoms with E-state index in [4.69, 9.17) is 27.2 Å². The SMILES string of the molecule is CCc1[nH]c(C(=O)C(N)C2CCN(C(=O)/C=C/c3ccc(C(=O)O)cc3)C[C@@H]2OC)nc1Cl. The number of Topliss-reactive ketones (excluding diaryl/α,β-unsaturated/α-hetero) is 1. The Morgan fingerprint density at radius 3 is 2.64 bits per heavy atom. The lowest BCUT2D eigenvalue weighted by atomic mass is 9.85. The molecule has 9 nitrogen and oxygen atoms in total. The number of ether oxygens (including phenoxy) is 1. The summed E-state index contributed by atoms with van der Waals surface area (Å²) in [5.74, 6) is -1.70. The molecule has 3 atom stereocenters. The van der Waals surface area contributed by atoms with Crippen molar-refractivity contribution in [3.05, 3.63) is 58.1 Å². The largest absolute Gasteiger partial charge is 0.478 e. The zero-order valence-corrected chi connectivity index (χ0v) is 19.2. The fraction of sp³-hybridized carbons (Fsp3) is 0.391. The molecule has 4 N–H and O–H groups in total. The first-order valence-electron chi connectivity index (χ1n) is 10.6. The Labute approximate surface area is 196 Å². The highest BCUT2D eigenvalue weighted by Gasteiger charge is 2.38. The second-order valence-electron chi connectivity index (χ2n) is 7.87. The lowest BCUT2D eigenvalue weighted by Gasteiger charge is -2.39. The summed E-state index contributed by atoms with van der Waals surface area (Å²) in [5, 5.41) is 9.23. The van der Waals surface area contributed by atoms with Crippen LogP contribution in [-0.4, -0.2) is 70.0 Å². The molecule has 2 aromatic rings. The fourth-order valence-corrected chi connectivity index (χ4v) is 4.16. The third kappa shape index (κ3) is 5.68. The van der Waals surface area contributed by atoms with Gasteiger partial charge in [0.15, 0.2) is 11.0 Å². The summed E-state index contributed by atoms with van der Waals surface area (Å²) in [5.41, 5.74) is 7.86. The number of imidazole rings is 1. The van der Waals surface area contributed by atoms with Crippen molar-refractivity contribution in [1.29, 1.82) is 0 Å². The number of methoxy groups -OCH3 is 1. The Kier molecular flexibility index (Phi) is 8.01. The van der Waals surface area contributed by atoms with Crippen LogP contribution >= 0.6 is 11.6 Å². The van der Waals surface area contributed by atoms with Crippen molar-refractivity contribution in [3.8, 4) is 0 Å². The number of carbonyl (C=O) groups excluding carboxylic acids is 2. The topological polar surface area (TPSA) is 139 Å². The molecule has 0 saturated carbocycles. The number of likely N-dealkylation sites (tertiary alicyclic amines) is 1. The summed E-state index contributed by atoms with van der Waals surface area (Å²) in [6.07, 6.45) is 3.76. The van der Waals surface area contributed by atoms with E-state index in [2.05, 4.69) is 9.97 Å². The molecule has 1 amide bonds. The number of hydrogen-bond donors (Lipinski definition) is 3. The van der Waals surface area contributed by atoms with Crippen LogP contribution in [0, 0.1) is 5.92 Å². The van der Waals surface area contributed by atoms with Gasteiger partial charge in [0.05, 0.1) is 23.4 Å². The van der Waals surface area contributed by atoms with E-state index in [0.717, 1.165) is 0 Å². The maximum atomic E-state index is 12.9. The van der Waals surface area contributed by atoms with Crippen molar-refractivity contribution in [2.75, 3.05) is 20.2 Å². The second-order valence-corrected chi connectivity index (χ2v) is 8.23. The number of amides is 1. The molecule has 0 radical (unpaired) electrons. The number of benzene rings is 1. The van der Waals surface area contributed by atoms with E-state index in [-0.39, 0.29) is 34.1 Å². The maximum absolute atomic E-state index is 12.9. The molecule has 1 saturated heterocycles. The van der Waals surface area contributed by atoms with Gasteiger partial charge in [0.25, 0.3) is 0 Å². The highest BCUT2D eigenvalue weighted by molar-refractivity contribution is 6.30. The molecular weight excluding hydrogens is 448 g/mol. The standard InChI is InChI=1S/C23H27ClN4O5/c1-3-16-21(24)27-22(26-16)20(30)19(25)15-10-11-28(12-17(15)33-2)18(29)9-6-13-4-7-14(8-5-13)23(31)32/h4-9,15,17,19H,3,10-12,25H2,1-2H3,(H,26,27)(H,31,32)/b9-6+/t15?,17-,19?/m0/s1. The first-order chi connectivity index (χ1) is 15.7. The van der Waals surface area contributed by atoms with Crippen molar-refractivity contribution < 1.29 is 24.2 Å². The molecule has 2 unspecified atom stereocenters. The number of nitrogens with zero attached hydrogens (tertiary/aromatic N) is 2. The molecule has 10 heteroatoms. The highest BCUT2D eigenvalue weighted by atomic mass is 35.5. The van der Waals surface area contributed by atoms with Crippen LogP contribution in [0.15, 0.2) is 30.3 Å². The van der Waals surface area contributed by atoms with Crippen LogP contribution in [0.4, 0.5) is 0 Å². The third-order valence-corrected chi connectivity index (χ3v) is 6.19. The van der Waals surface area contributed by atoms with E-state index in [1.165, 1.54) is 25.3 Å². The number of aromatic carboxylic acids is 1. The van der Waals surface area contributed by atoms with Gasteiger partial charge in [-0.15, -0.1) is 0 Å². The lowest BCUT2D eigenvalue weighted by Crippen LogP contribution is -2.54. The Balaban J connectivity index is 1.63. The van der Waals surface area contributed by atoms with Crippen LogP contribution < -0.4 is 5.73 Å². The van der Waals surface area contributed by atoms with Crippen LogP contribution in [0.2, 0.25) is 5.15 Å². The monoisotopic (exact) mass is 474 g/mol. The number of ketones is 1. The number of aryl methyl sites for hydroxylation is 1. The normalized spacial score (nSPS) is 19.6. The molecular formula is C23H27ClN4O5. The van der Waals surface area contributed by atoms with Gasteiger partial charge in [0.2, 0.25) is 11.7 Å². The molecule has 2 heterocycles. The predicted octanol–water partition coefficient (Wildman–Crippen LogP) is 2.41. The van der Waals surface area contributed by atoms with Crippen LogP contribution in [0.5, 0.6) is 0 Å². The number of rotatable bonds is 8. The third-order valence-electron chi connectivity index (χ3n) is 5.88. The number of carboxylic acid groups (broad SMARTS) is 1. The number of piperidine rings is 1. The quantitative estimate of drug-likeness (QED) is 0.394. The number of hydrogen-bond acceptors (Lipinski definition) is 6. The van der Waals surface area contributed by atoms with Gasteiger partial charge in [-0.2, -0.15) is 0 Å². The molecule has 33 heavy (non-hydrogen) atoms. The summed E-state index contributed by atoms with van der Waals surface area (Å²) in [4.78, 5) is 45.1. The first-order valence-corrected chi connectivity index (χ1v) is 11.0. The summed E-state index contributed by atoms with van der Waals surface area (Å²) >= 11 is 6.05. The minimum absolute atomic E-state index is 0.134.